The molecule has 0 spiro atoms. The molecule has 1 rings (SSSR count). The van der Waals surface area contributed by atoms with E-state index >= 15 is 0 Å². The lowest BCUT2D eigenvalue weighted by Gasteiger charge is -2.32. The van der Waals surface area contributed by atoms with Gasteiger partial charge < -0.3 is 10.2 Å². The number of hydrogen-bond acceptors (Lipinski definition) is 2. The zero-order valence-electron chi connectivity index (χ0n) is 27.9. The molecule has 3 heteroatoms. The van der Waals surface area contributed by atoms with E-state index in [4.69, 9.17) is 10.2 Å². The van der Waals surface area contributed by atoms with Gasteiger partial charge in [0.05, 0.1) is 6.61 Å². The van der Waals surface area contributed by atoms with Crippen molar-refractivity contribution in [1.29, 1.82) is 0 Å². The van der Waals surface area contributed by atoms with E-state index in [2.05, 4.69) is 52.8 Å². The Morgan fingerprint density at radius 1 is 0.805 bits per heavy atom. The average molecular weight is 571 g/mol. The van der Waals surface area contributed by atoms with Crippen molar-refractivity contribution in [2.75, 3.05) is 6.61 Å². The normalized spacial score (nSPS) is 16.0. The first-order valence-electron chi connectivity index (χ1n) is 16.9. The molecule has 0 fully saturated rings. The summed E-state index contributed by atoms with van der Waals surface area (Å²) in [5, 5.41) is 17.3. The quantitative estimate of drug-likeness (QED) is 0.107. The molecular formula is C38H66O3. The van der Waals surface area contributed by atoms with Gasteiger partial charge >= 0.3 is 5.97 Å². The first kappa shape index (κ1) is 39.1. The Morgan fingerprint density at radius 2 is 1.32 bits per heavy atom. The second-order valence-corrected chi connectivity index (χ2v) is 12.8. The van der Waals surface area contributed by atoms with Gasteiger partial charge in [-0.25, -0.2) is 0 Å². The van der Waals surface area contributed by atoms with Crippen molar-refractivity contribution in [3.63, 3.8) is 0 Å². The lowest BCUT2D eigenvalue weighted by Crippen LogP contribution is -2.19. The summed E-state index contributed by atoms with van der Waals surface area (Å²) in [7, 11) is 0. The predicted octanol–water partition coefficient (Wildman–Crippen LogP) is 11.8. The molecule has 0 unspecified atom stereocenters. The number of rotatable bonds is 21. The van der Waals surface area contributed by atoms with Crippen LogP contribution in [-0.2, 0) is 4.79 Å². The van der Waals surface area contributed by atoms with Crippen LogP contribution in [0.4, 0.5) is 0 Å². The molecule has 0 aromatic rings. The first-order valence-corrected chi connectivity index (χ1v) is 16.9. The van der Waals surface area contributed by atoms with E-state index < -0.39 is 5.97 Å². The van der Waals surface area contributed by atoms with Gasteiger partial charge in [0.25, 0.3) is 0 Å². The maximum atomic E-state index is 10.3. The fraction of sp³-hybridized carbons (Fsp3) is 0.711. The fourth-order valence-corrected chi connectivity index (χ4v) is 5.49. The number of carboxylic acid groups (broad SMARTS) is 1. The average Bonchev–Trinajstić information content (AvgIpc) is 2.90. The van der Waals surface area contributed by atoms with Crippen LogP contribution in [0.25, 0.3) is 0 Å². The predicted molar refractivity (Wildman–Crippen MR) is 180 cm³/mol. The minimum Gasteiger partial charge on any atom is -0.481 e. The molecule has 0 amide bonds. The van der Waals surface area contributed by atoms with Crippen molar-refractivity contribution in [1.82, 2.24) is 0 Å². The largest absolute Gasteiger partial charge is 0.481 e. The van der Waals surface area contributed by atoms with Crippen LogP contribution in [0.1, 0.15) is 164 Å². The van der Waals surface area contributed by atoms with Crippen molar-refractivity contribution in [2.45, 2.75) is 164 Å². The van der Waals surface area contributed by atoms with Gasteiger partial charge in [0.15, 0.2) is 0 Å². The molecule has 3 nitrogen and oxygen atoms in total. The topological polar surface area (TPSA) is 57.5 Å². The molecule has 0 heterocycles. The Bertz CT molecular complexity index is 822. The summed E-state index contributed by atoms with van der Waals surface area (Å²) in [6, 6.07) is 0. The summed E-state index contributed by atoms with van der Waals surface area (Å²) in [4.78, 5) is 10.3. The Hall–Kier alpha value is -1.87. The number of allylic oxidation sites excluding steroid dienone is 9. The van der Waals surface area contributed by atoms with E-state index in [-0.39, 0.29) is 6.61 Å². The number of aliphatic hydroxyl groups excluding tert-OH is 1. The maximum absolute atomic E-state index is 10.3. The number of carboxylic acids is 1. The number of carbonyl (C=O) groups is 1. The second-order valence-electron chi connectivity index (χ2n) is 12.8. The third kappa shape index (κ3) is 23.4. The van der Waals surface area contributed by atoms with Crippen molar-refractivity contribution in [2.24, 2.45) is 5.41 Å². The Morgan fingerprint density at radius 3 is 1.78 bits per heavy atom. The van der Waals surface area contributed by atoms with Crippen molar-refractivity contribution in [3.8, 4) is 0 Å². The Kier molecular flexibility index (Phi) is 24.6. The summed E-state index contributed by atoms with van der Waals surface area (Å²) in [6.07, 6.45) is 36.5. The molecule has 0 saturated carbocycles. The van der Waals surface area contributed by atoms with Crippen LogP contribution in [0.2, 0.25) is 0 Å². The highest BCUT2D eigenvalue weighted by Crippen LogP contribution is 2.40. The van der Waals surface area contributed by atoms with Gasteiger partial charge in [-0.05, 0) is 57.4 Å². The smallest absolute Gasteiger partial charge is 0.303 e. The van der Waals surface area contributed by atoms with Gasteiger partial charge in [0.2, 0.25) is 0 Å². The van der Waals surface area contributed by atoms with E-state index in [0.717, 1.165) is 18.4 Å². The van der Waals surface area contributed by atoms with Crippen molar-refractivity contribution in [3.05, 3.63) is 58.7 Å². The molecule has 0 aromatic carbocycles. The van der Waals surface area contributed by atoms with E-state index in [9.17, 15) is 4.79 Å². The van der Waals surface area contributed by atoms with E-state index in [1.54, 1.807) is 6.08 Å². The summed E-state index contributed by atoms with van der Waals surface area (Å²) in [5.74, 6) is -0.653. The second kappa shape index (κ2) is 25.8. The number of hydrogen-bond donors (Lipinski definition) is 2. The van der Waals surface area contributed by atoms with Crippen LogP contribution in [0, 0.1) is 5.41 Å². The molecule has 2 N–H and O–H groups in total. The molecule has 236 valence electrons. The number of unbranched alkanes of at least 4 members (excludes halogenated alkanes) is 14. The molecule has 0 bridgehead atoms. The molecule has 0 atom stereocenters. The van der Waals surface area contributed by atoms with E-state index in [0.29, 0.717) is 11.8 Å². The fourth-order valence-electron chi connectivity index (χ4n) is 5.49. The third-order valence-corrected chi connectivity index (χ3v) is 8.18. The molecule has 0 aliphatic heterocycles. The number of aliphatic carboxylic acids is 1. The monoisotopic (exact) mass is 571 g/mol. The zero-order chi connectivity index (χ0) is 30.8. The Labute approximate surface area is 255 Å². The molecule has 1 aliphatic carbocycles. The van der Waals surface area contributed by atoms with Crippen LogP contribution < -0.4 is 0 Å². The first-order chi connectivity index (χ1) is 19.6. The Balaban J connectivity index is 0.000000782. The van der Waals surface area contributed by atoms with Crippen molar-refractivity contribution < 1.29 is 15.0 Å². The lowest BCUT2D eigenvalue weighted by atomic mass is 9.72. The van der Waals surface area contributed by atoms with Crippen LogP contribution >= 0.6 is 0 Å². The van der Waals surface area contributed by atoms with Crippen molar-refractivity contribution >= 4 is 5.97 Å². The van der Waals surface area contributed by atoms with Gasteiger partial charge in [-0.2, -0.15) is 0 Å². The molecule has 1 aliphatic rings. The SMILES string of the molecule is CC(C=CC1=C(C)CCCC1(C)C)=CC=CC(C)=CCO.CCCCCCCCCCCCCCCCCC(=O)O. The molecule has 0 saturated heterocycles. The minimum atomic E-state index is -0.653. The highest BCUT2D eigenvalue weighted by atomic mass is 16.4. The molecule has 0 radical (unpaired) electrons. The molecular weight excluding hydrogens is 504 g/mol. The van der Waals surface area contributed by atoms with Gasteiger partial charge in [-0.15, -0.1) is 0 Å². The standard InChI is InChI=1S/C20H30O.C18H36O2/c1-16(8-6-9-17(2)13-15-21)11-12-19-18(3)10-7-14-20(19,4)5;1-2-3-4-5-6-7-8-9-10-11-12-13-14-15-16-17-18(19)20/h6,8-9,11-13,21H,7,10,14-15H2,1-5H3;2-17H2,1H3,(H,19,20). The summed E-state index contributed by atoms with van der Waals surface area (Å²) < 4.78 is 0. The third-order valence-electron chi connectivity index (χ3n) is 8.18. The van der Waals surface area contributed by atoms with E-state index in [1.807, 2.05) is 19.1 Å². The minimum absolute atomic E-state index is 0.0985. The molecule has 41 heavy (non-hydrogen) atoms. The highest BCUT2D eigenvalue weighted by Gasteiger charge is 2.26. The highest BCUT2D eigenvalue weighted by molar-refractivity contribution is 5.66. The summed E-state index contributed by atoms with van der Waals surface area (Å²) >= 11 is 0. The lowest BCUT2D eigenvalue weighted by molar-refractivity contribution is -0.137. The van der Waals surface area contributed by atoms with Crippen LogP contribution in [0.5, 0.6) is 0 Å². The van der Waals surface area contributed by atoms with Crippen LogP contribution in [-0.4, -0.2) is 22.8 Å². The molecule has 0 aromatic heterocycles. The summed E-state index contributed by atoms with van der Waals surface area (Å²) in [6.45, 7) is 13.4. The van der Waals surface area contributed by atoms with Crippen LogP contribution in [0.15, 0.2) is 58.7 Å². The van der Waals surface area contributed by atoms with Gasteiger partial charge in [-0.3, -0.25) is 4.79 Å². The maximum Gasteiger partial charge on any atom is 0.303 e. The van der Waals surface area contributed by atoms with E-state index in [1.165, 1.54) is 119 Å². The van der Waals surface area contributed by atoms with Gasteiger partial charge in [-0.1, -0.05) is 164 Å². The zero-order valence-corrected chi connectivity index (χ0v) is 27.9. The van der Waals surface area contributed by atoms with Crippen LogP contribution in [0.3, 0.4) is 0 Å². The summed E-state index contributed by atoms with van der Waals surface area (Å²) in [5.41, 5.74) is 5.66. The van der Waals surface area contributed by atoms with Gasteiger partial charge in [0.1, 0.15) is 0 Å². The van der Waals surface area contributed by atoms with Gasteiger partial charge in [0, 0.05) is 6.42 Å². The number of aliphatic hydroxyl groups is 1.